The van der Waals surface area contributed by atoms with Gasteiger partial charge in [-0.25, -0.2) is 4.39 Å². The zero-order chi connectivity index (χ0) is 13.8. The third-order valence-electron chi connectivity index (χ3n) is 3.76. The van der Waals surface area contributed by atoms with E-state index in [0.29, 0.717) is 11.8 Å². The van der Waals surface area contributed by atoms with E-state index < -0.39 is 0 Å². The summed E-state index contributed by atoms with van der Waals surface area (Å²) in [6.45, 7) is 2.94. The van der Waals surface area contributed by atoms with Crippen LogP contribution in [0.25, 0.3) is 0 Å². The minimum Gasteiger partial charge on any atom is -0.496 e. The highest BCUT2D eigenvalue weighted by atomic mass is 19.1. The van der Waals surface area contributed by atoms with Crippen LogP contribution in [0.2, 0.25) is 0 Å². The van der Waals surface area contributed by atoms with Gasteiger partial charge in [0.15, 0.2) is 0 Å². The summed E-state index contributed by atoms with van der Waals surface area (Å²) in [4.78, 5) is 2.29. The molecule has 1 aromatic carbocycles. The van der Waals surface area contributed by atoms with Gasteiger partial charge in [0.2, 0.25) is 0 Å². The Morgan fingerprint density at radius 2 is 2.37 bits per heavy atom. The first kappa shape index (κ1) is 14.2. The number of benzene rings is 1. The van der Waals surface area contributed by atoms with Gasteiger partial charge >= 0.3 is 0 Å². The minimum atomic E-state index is -0.277. The molecule has 2 unspecified atom stereocenters. The standard InChI is InChI=1S/C14H22FN3O/c1-18-6-5-17-9-11(18)8-13(16)12-7-10(15)3-4-14(12)19-2/h3-4,7,11,13,17H,5-6,8-9,16H2,1-2H3. The molecule has 5 heteroatoms. The summed E-state index contributed by atoms with van der Waals surface area (Å²) in [7, 11) is 3.68. The van der Waals surface area contributed by atoms with Crippen LogP contribution in [0.3, 0.4) is 0 Å². The van der Waals surface area contributed by atoms with Crippen molar-refractivity contribution in [3.05, 3.63) is 29.6 Å². The summed E-state index contributed by atoms with van der Waals surface area (Å²) in [5, 5.41) is 3.36. The van der Waals surface area contributed by atoms with Crippen molar-refractivity contribution in [3.8, 4) is 5.75 Å². The molecule has 1 aliphatic rings. The first-order valence-electron chi connectivity index (χ1n) is 6.61. The SMILES string of the molecule is COc1ccc(F)cc1C(N)CC1CNCCN1C. The van der Waals surface area contributed by atoms with E-state index in [4.69, 9.17) is 10.5 Å². The zero-order valence-corrected chi connectivity index (χ0v) is 11.5. The number of nitrogens with two attached hydrogens (primary N) is 1. The van der Waals surface area contributed by atoms with Gasteiger partial charge in [0.25, 0.3) is 0 Å². The van der Waals surface area contributed by atoms with E-state index in [-0.39, 0.29) is 11.9 Å². The number of nitrogens with zero attached hydrogens (tertiary/aromatic N) is 1. The van der Waals surface area contributed by atoms with Crippen molar-refractivity contribution >= 4 is 0 Å². The minimum absolute atomic E-state index is 0.224. The molecular weight excluding hydrogens is 245 g/mol. The van der Waals surface area contributed by atoms with Crippen molar-refractivity contribution in [1.29, 1.82) is 0 Å². The Labute approximate surface area is 113 Å². The molecule has 0 aliphatic carbocycles. The summed E-state index contributed by atoms with van der Waals surface area (Å²) >= 11 is 0. The second-order valence-corrected chi connectivity index (χ2v) is 5.07. The van der Waals surface area contributed by atoms with Crippen LogP contribution in [-0.2, 0) is 0 Å². The van der Waals surface area contributed by atoms with Crippen LogP contribution in [0.1, 0.15) is 18.0 Å². The van der Waals surface area contributed by atoms with E-state index in [0.717, 1.165) is 31.6 Å². The Hall–Kier alpha value is -1.17. The lowest BCUT2D eigenvalue weighted by Crippen LogP contribution is -2.50. The van der Waals surface area contributed by atoms with Crippen molar-refractivity contribution in [3.63, 3.8) is 0 Å². The first-order valence-corrected chi connectivity index (χ1v) is 6.61. The van der Waals surface area contributed by atoms with Crippen LogP contribution in [0, 0.1) is 5.82 Å². The molecule has 1 heterocycles. The summed E-state index contributed by atoms with van der Waals surface area (Å²) < 4.78 is 18.6. The second kappa shape index (κ2) is 6.32. The molecule has 0 saturated carbocycles. The van der Waals surface area contributed by atoms with Crippen LogP contribution in [0.5, 0.6) is 5.75 Å². The normalized spacial score (nSPS) is 22.2. The van der Waals surface area contributed by atoms with Crippen molar-refractivity contribution in [1.82, 2.24) is 10.2 Å². The van der Waals surface area contributed by atoms with Crippen molar-refractivity contribution in [2.45, 2.75) is 18.5 Å². The fourth-order valence-electron chi connectivity index (χ4n) is 2.54. The Kier molecular flexibility index (Phi) is 4.74. The van der Waals surface area contributed by atoms with Crippen molar-refractivity contribution < 1.29 is 9.13 Å². The maximum atomic E-state index is 13.4. The van der Waals surface area contributed by atoms with Crippen molar-refractivity contribution in [2.24, 2.45) is 5.73 Å². The highest BCUT2D eigenvalue weighted by molar-refractivity contribution is 5.36. The third kappa shape index (κ3) is 3.43. The predicted molar refractivity (Wildman–Crippen MR) is 73.8 cm³/mol. The van der Waals surface area contributed by atoms with Gasteiger partial charge in [-0.3, -0.25) is 0 Å². The first-order chi connectivity index (χ1) is 9.11. The Balaban J connectivity index is 2.10. The fourth-order valence-corrected chi connectivity index (χ4v) is 2.54. The van der Waals surface area contributed by atoms with E-state index in [2.05, 4.69) is 17.3 Å². The molecule has 2 rings (SSSR count). The number of hydrogen-bond donors (Lipinski definition) is 2. The molecule has 19 heavy (non-hydrogen) atoms. The quantitative estimate of drug-likeness (QED) is 0.858. The van der Waals surface area contributed by atoms with Crippen LogP contribution in [-0.4, -0.2) is 44.7 Å². The number of hydrogen-bond acceptors (Lipinski definition) is 4. The molecule has 4 nitrogen and oxygen atoms in total. The topological polar surface area (TPSA) is 50.5 Å². The average Bonchev–Trinajstić information content (AvgIpc) is 2.41. The van der Waals surface area contributed by atoms with Crippen molar-refractivity contribution in [2.75, 3.05) is 33.8 Å². The number of rotatable bonds is 4. The number of nitrogens with one attached hydrogen (secondary N) is 1. The van der Waals surface area contributed by atoms with Gasteiger partial charge in [-0.15, -0.1) is 0 Å². The molecule has 1 aromatic rings. The zero-order valence-electron chi connectivity index (χ0n) is 11.5. The third-order valence-corrected chi connectivity index (χ3v) is 3.76. The molecule has 3 N–H and O–H groups in total. The summed E-state index contributed by atoms with van der Waals surface area (Å²) in [6, 6.07) is 4.64. The molecule has 2 atom stereocenters. The van der Waals surface area contributed by atoms with Gasteiger partial charge in [-0.05, 0) is 31.7 Å². The van der Waals surface area contributed by atoms with Crippen LogP contribution in [0.15, 0.2) is 18.2 Å². The lowest BCUT2D eigenvalue weighted by Gasteiger charge is -2.34. The molecule has 106 valence electrons. The highest BCUT2D eigenvalue weighted by Crippen LogP contribution is 2.28. The maximum Gasteiger partial charge on any atom is 0.123 e. The monoisotopic (exact) mass is 267 g/mol. The van der Waals surface area contributed by atoms with E-state index in [1.165, 1.54) is 12.1 Å². The van der Waals surface area contributed by atoms with E-state index >= 15 is 0 Å². The van der Waals surface area contributed by atoms with E-state index in [1.807, 2.05) is 0 Å². The molecule has 0 spiro atoms. The smallest absolute Gasteiger partial charge is 0.123 e. The van der Waals surface area contributed by atoms with Crippen LogP contribution < -0.4 is 15.8 Å². The van der Waals surface area contributed by atoms with Gasteiger partial charge in [-0.2, -0.15) is 0 Å². The maximum absolute atomic E-state index is 13.4. The largest absolute Gasteiger partial charge is 0.496 e. The number of piperazine rings is 1. The molecule has 0 bridgehead atoms. The Morgan fingerprint density at radius 1 is 1.58 bits per heavy atom. The number of methoxy groups -OCH3 is 1. The van der Waals surface area contributed by atoms with Gasteiger partial charge in [0.1, 0.15) is 11.6 Å². The molecule has 0 aromatic heterocycles. The summed E-state index contributed by atoms with van der Waals surface area (Å²) in [6.07, 6.45) is 0.781. The molecule has 0 radical (unpaired) electrons. The van der Waals surface area contributed by atoms with Crippen LogP contribution in [0.4, 0.5) is 4.39 Å². The summed E-state index contributed by atoms with van der Waals surface area (Å²) in [5.74, 6) is 0.377. The Bertz CT molecular complexity index is 427. The second-order valence-electron chi connectivity index (χ2n) is 5.07. The molecule has 1 saturated heterocycles. The molecular formula is C14H22FN3O. The fraction of sp³-hybridized carbons (Fsp3) is 0.571. The molecule has 0 amide bonds. The number of halogens is 1. The average molecular weight is 267 g/mol. The van der Waals surface area contributed by atoms with E-state index in [1.54, 1.807) is 13.2 Å². The van der Waals surface area contributed by atoms with Gasteiger partial charge < -0.3 is 20.7 Å². The molecule has 1 fully saturated rings. The van der Waals surface area contributed by atoms with Gasteiger partial charge in [0, 0.05) is 37.3 Å². The summed E-state index contributed by atoms with van der Waals surface area (Å²) in [5.41, 5.74) is 6.97. The molecule has 1 aliphatic heterocycles. The Morgan fingerprint density at radius 3 is 3.05 bits per heavy atom. The number of likely N-dealkylation sites (N-methyl/N-ethyl adjacent to an activating group) is 1. The van der Waals surface area contributed by atoms with Crippen LogP contribution >= 0.6 is 0 Å². The van der Waals surface area contributed by atoms with E-state index in [9.17, 15) is 4.39 Å². The number of ether oxygens (including phenoxy) is 1. The predicted octanol–water partition coefficient (Wildman–Crippen LogP) is 1.13. The lowest BCUT2D eigenvalue weighted by atomic mass is 9.97. The highest BCUT2D eigenvalue weighted by Gasteiger charge is 2.23. The van der Waals surface area contributed by atoms with Gasteiger partial charge in [-0.1, -0.05) is 0 Å². The van der Waals surface area contributed by atoms with Gasteiger partial charge in [0.05, 0.1) is 7.11 Å². The lowest BCUT2D eigenvalue weighted by molar-refractivity contribution is 0.182.